The van der Waals surface area contributed by atoms with E-state index in [1.165, 1.54) is 0 Å². The van der Waals surface area contributed by atoms with Crippen molar-refractivity contribution in [2.45, 2.75) is 38.8 Å². The highest BCUT2D eigenvalue weighted by Crippen LogP contribution is 2.38. The number of hydrogen-bond acceptors (Lipinski definition) is 4. The molecule has 1 N–H and O–H groups in total. The molecule has 1 aromatic rings. The largest absolute Gasteiger partial charge is 0.444 e. The number of benzene rings is 1. The molecular formula is C17H21Cl2N3O3. The Kier molecular flexibility index (Phi) is 4.77. The predicted molar refractivity (Wildman–Crippen MR) is 98.6 cm³/mol. The molecule has 1 atom stereocenters. The van der Waals surface area contributed by atoms with Crippen LogP contribution in [0.25, 0.3) is 0 Å². The molecule has 1 aromatic carbocycles. The topological polar surface area (TPSA) is 61.9 Å². The van der Waals surface area contributed by atoms with Crippen LogP contribution in [0, 0.1) is 0 Å². The van der Waals surface area contributed by atoms with Crippen LogP contribution in [-0.2, 0) is 9.53 Å². The molecule has 0 aromatic heterocycles. The first kappa shape index (κ1) is 18.1. The van der Waals surface area contributed by atoms with Gasteiger partial charge in [-0.25, -0.2) is 4.79 Å². The minimum absolute atomic E-state index is 0.113. The van der Waals surface area contributed by atoms with Crippen LogP contribution >= 0.6 is 23.2 Å². The van der Waals surface area contributed by atoms with Crippen molar-refractivity contribution in [3.8, 4) is 0 Å². The Morgan fingerprint density at radius 2 is 1.92 bits per heavy atom. The van der Waals surface area contributed by atoms with Gasteiger partial charge in [0.05, 0.1) is 27.5 Å². The van der Waals surface area contributed by atoms with Crippen LogP contribution in [0.2, 0.25) is 10.0 Å². The number of fused-ring (bicyclic) bond motifs is 3. The smallest absolute Gasteiger partial charge is 0.410 e. The highest BCUT2D eigenvalue weighted by molar-refractivity contribution is 6.42. The van der Waals surface area contributed by atoms with Gasteiger partial charge in [0, 0.05) is 26.1 Å². The molecule has 1 unspecified atom stereocenters. The van der Waals surface area contributed by atoms with E-state index in [2.05, 4.69) is 10.2 Å². The lowest BCUT2D eigenvalue weighted by atomic mass is 10.1. The van der Waals surface area contributed by atoms with Crippen molar-refractivity contribution in [2.75, 3.05) is 29.9 Å². The molecule has 0 radical (unpaired) electrons. The van der Waals surface area contributed by atoms with Crippen LogP contribution < -0.4 is 10.2 Å². The number of amides is 2. The predicted octanol–water partition coefficient (Wildman–Crippen LogP) is 3.76. The Morgan fingerprint density at radius 3 is 2.60 bits per heavy atom. The fraction of sp³-hybridized carbons (Fsp3) is 0.529. The second kappa shape index (κ2) is 6.57. The first-order valence-corrected chi connectivity index (χ1v) is 8.93. The molecule has 136 valence electrons. The monoisotopic (exact) mass is 385 g/mol. The molecule has 0 saturated carbocycles. The van der Waals surface area contributed by atoms with E-state index in [-0.39, 0.29) is 24.5 Å². The molecule has 6 nitrogen and oxygen atoms in total. The minimum atomic E-state index is -0.550. The van der Waals surface area contributed by atoms with Crippen molar-refractivity contribution in [3.63, 3.8) is 0 Å². The van der Waals surface area contributed by atoms with Crippen LogP contribution in [-0.4, -0.2) is 48.2 Å². The summed E-state index contributed by atoms with van der Waals surface area (Å²) in [6.07, 6.45) is -0.0744. The Balaban J connectivity index is 1.85. The van der Waals surface area contributed by atoms with Gasteiger partial charge in [-0.1, -0.05) is 23.2 Å². The van der Waals surface area contributed by atoms with Crippen LogP contribution in [0.15, 0.2) is 12.1 Å². The van der Waals surface area contributed by atoms with Gasteiger partial charge >= 0.3 is 6.09 Å². The Hall–Kier alpha value is -1.66. The summed E-state index contributed by atoms with van der Waals surface area (Å²) in [7, 11) is 0. The van der Waals surface area contributed by atoms with Crippen molar-refractivity contribution in [3.05, 3.63) is 22.2 Å². The van der Waals surface area contributed by atoms with Gasteiger partial charge in [0.1, 0.15) is 5.60 Å². The fourth-order valence-electron chi connectivity index (χ4n) is 3.13. The van der Waals surface area contributed by atoms with E-state index in [1.54, 1.807) is 17.0 Å². The van der Waals surface area contributed by atoms with Crippen molar-refractivity contribution in [1.82, 2.24) is 4.90 Å². The van der Waals surface area contributed by atoms with Crippen LogP contribution in [0.3, 0.4) is 0 Å². The quantitative estimate of drug-likeness (QED) is 0.738. The van der Waals surface area contributed by atoms with Crippen LogP contribution in [0.1, 0.15) is 27.2 Å². The third-order valence-corrected chi connectivity index (χ3v) is 4.90. The van der Waals surface area contributed by atoms with Gasteiger partial charge in [-0.3, -0.25) is 4.79 Å². The summed E-state index contributed by atoms with van der Waals surface area (Å²) in [5.74, 6) is -0.113. The Labute approximate surface area is 157 Å². The normalized spacial score (nSPS) is 20.4. The average molecular weight is 386 g/mol. The minimum Gasteiger partial charge on any atom is -0.444 e. The maximum absolute atomic E-state index is 12.3. The van der Waals surface area contributed by atoms with Crippen molar-refractivity contribution in [1.29, 1.82) is 0 Å². The highest BCUT2D eigenvalue weighted by atomic mass is 35.5. The number of hydrogen-bond donors (Lipinski definition) is 1. The van der Waals surface area contributed by atoms with E-state index in [4.69, 9.17) is 27.9 Å². The van der Waals surface area contributed by atoms with E-state index in [0.717, 1.165) is 5.69 Å². The molecule has 2 aliphatic rings. The Bertz CT molecular complexity index is 718. The fourth-order valence-corrected chi connectivity index (χ4v) is 3.45. The van der Waals surface area contributed by atoms with Gasteiger partial charge in [-0.15, -0.1) is 0 Å². The number of halogens is 2. The zero-order valence-corrected chi connectivity index (χ0v) is 15.9. The summed E-state index contributed by atoms with van der Waals surface area (Å²) in [4.78, 5) is 28.4. The lowest BCUT2D eigenvalue weighted by Gasteiger charge is -2.42. The average Bonchev–Trinajstić information content (AvgIpc) is 2.61. The molecule has 2 aliphatic heterocycles. The van der Waals surface area contributed by atoms with Gasteiger partial charge < -0.3 is 19.9 Å². The molecule has 25 heavy (non-hydrogen) atoms. The number of rotatable bonds is 0. The first-order valence-electron chi connectivity index (χ1n) is 8.17. The van der Waals surface area contributed by atoms with E-state index in [1.807, 2.05) is 20.8 Å². The van der Waals surface area contributed by atoms with Gasteiger partial charge in [-0.2, -0.15) is 0 Å². The van der Waals surface area contributed by atoms with E-state index in [9.17, 15) is 9.59 Å². The molecule has 2 amide bonds. The first-order chi connectivity index (χ1) is 11.6. The number of carbonyl (C=O) groups is 2. The van der Waals surface area contributed by atoms with Crippen LogP contribution in [0.4, 0.5) is 16.2 Å². The zero-order valence-electron chi connectivity index (χ0n) is 14.4. The summed E-state index contributed by atoms with van der Waals surface area (Å²) < 4.78 is 5.45. The lowest BCUT2D eigenvalue weighted by molar-refractivity contribution is -0.116. The van der Waals surface area contributed by atoms with Gasteiger partial charge in [0.15, 0.2) is 0 Å². The molecular weight excluding hydrogens is 365 g/mol. The van der Waals surface area contributed by atoms with E-state index in [0.29, 0.717) is 35.4 Å². The number of nitrogens with zero attached hydrogens (tertiary/aromatic N) is 2. The third-order valence-electron chi connectivity index (χ3n) is 4.18. The maximum Gasteiger partial charge on any atom is 0.410 e. The summed E-state index contributed by atoms with van der Waals surface area (Å²) in [5, 5.41) is 3.70. The van der Waals surface area contributed by atoms with Crippen molar-refractivity contribution >= 4 is 46.6 Å². The number of ether oxygens (including phenoxy) is 1. The number of anilines is 2. The van der Waals surface area contributed by atoms with E-state index < -0.39 is 5.60 Å². The summed E-state index contributed by atoms with van der Waals surface area (Å²) in [5.41, 5.74) is 0.924. The maximum atomic E-state index is 12.3. The molecule has 0 aliphatic carbocycles. The lowest BCUT2D eigenvalue weighted by Crippen LogP contribution is -2.55. The number of nitrogens with one attached hydrogen (secondary N) is 1. The van der Waals surface area contributed by atoms with Crippen molar-refractivity contribution < 1.29 is 14.3 Å². The van der Waals surface area contributed by atoms with Gasteiger partial charge in [0.2, 0.25) is 5.91 Å². The molecule has 8 heteroatoms. The third kappa shape index (κ3) is 3.96. The van der Waals surface area contributed by atoms with Gasteiger partial charge in [-0.05, 0) is 32.9 Å². The second-order valence-electron chi connectivity index (χ2n) is 7.31. The zero-order chi connectivity index (χ0) is 18.4. The number of piperazine rings is 1. The molecule has 3 rings (SSSR count). The van der Waals surface area contributed by atoms with Gasteiger partial charge in [0.25, 0.3) is 0 Å². The number of carbonyl (C=O) groups excluding carboxylic acids is 2. The standard InChI is InChI=1S/C17H21Cl2N3O3/c1-17(2,3)25-16(24)21-4-5-22-10(9-21)6-15(23)20-13-7-11(18)12(19)8-14(13)22/h7-8,10H,4-6,9H2,1-3H3,(H,20,23). The summed E-state index contributed by atoms with van der Waals surface area (Å²) in [6.45, 7) is 7.03. The Morgan fingerprint density at radius 1 is 1.24 bits per heavy atom. The van der Waals surface area contributed by atoms with Crippen LogP contribution in [0.5, 0.6) is 0 Å². The molecule has 2 heterocycles. The summed E-state index contributed by atoms with van der Waals surface area (Å²) in [6, 6.07) is 3.29. The molecule has 1 saturated heterocycles. The van der Waals surface area contributed by atoms with E-state index >= 15 is 0 Å². The molecule has 0 spiro atoms. The highest BCUT2D eigenvalue weighted by Gasteiger charge is 2.36. The second-order valence-corrected chi connectivity index (χ2v) is 8.12. The molecule has 1 fully saturated rings. The summed E-state index contributed by atoms with van der Waals surface area (Å²) >= 11 is 12.2. The van der Waals surface area contributed by atoms with Crippen molar-refractivity contribution in [2.24, 2.45) is 0 Å². The SMILES string of the molecule is CC(C)(C)OC(=O)N1CCN2c3cc(Cl)c(Cl)cc3NC(=O)CC2C1. The molecule has 0 bridgehead atoms.